The highest BCUT2D eigenvalue weighted by molar-refractivity contribution is 7.83. The Kier molecular flexibility index (Phi) is 4.26. The van der Waals surface area contributed by atoms with Crippen molar-refractivity contribution in [3.8, 4) is 11.5 Å². The van der Waals surface area contributed by atoms with Crippen LogP contribution in [-0.2, 0) is 22.3 Å². The lowest BCUT2D eigenvalue weighted by atomic mass is 10.1. The van der Waals surface area contributed by atoms with E-state index in [1.165, 1.54) is 0 Å². The molecule has 1 atom stereocenters. The molecule has 0 spiro atoms. The van der Waals surface area contributed by atoms with E-state index in [-0.39, 0.29) is 0 Å². The number of aryl methyl sites for hydroxylation is 1. The number of aromatic nitrogens is 2. The first-order chi connectivity index (χ1) is 10.2. The fraction of sp³-hybridized carbons (Fsp3) is 0.200. The van der Waals surface area contributed by atoms with Crippen LogP contribution in [0.1, 0.15) is 17.0 Å². The van der Waals surface area contributed by atoms with Crippen molar-refractivity contribution in [3.63, 3.8) is 0 Å². The van der Waals surface area contributed by atoms with Gasteiger partial charge in [0.2, 0.25) is 0 Å². The van der Waals surface area contributed by atoms with Crippen LogP contribution in [0.25, 0.3) is 11.5 Å². The molecule has 0 bridgehead atoms. The van der Waals surface area contributed by atoms with Gasteiger partial charge in [-0.2, -0.15) is 16.3 Å². The molecule has 1 unspecified atom stereocenters. The van der Waals surface area contributed by atoms with Crippen molar-refractivity contribution < 1.29 is 8.73 Å². The van der Waals surface area contributed by atoms with Gasteiger partial charge in [-0.1, -0.05) is 29.4 Å². The summed E-state index contributed by atoms with van der Waals surface area (Å²) in [4.78, 5) is 4.29. The molecule has 0 aliphatic heterocycles. The van der Waals surface area contributed by atoms with Gasteiger partial charge >= 0.3 is 0 Å². The van der Waals surface area contributed by atoms with E-state index in [0.29, 0.717) is 23.2 Å². The van der Waals surface area contributed by atoms with Gasteiger partial charge in [0.05, 0.1) is 11.3 Å². The van der Waals surface area contributed by atoms with E-state index in [9.17, 15) is 4.21 Å². The minimum absolute atomic E-state index is 0.308. The highest BCUT2D eigenvalue weighted by Crippen LogP contribution is 2.20. The van der Waals surface area contributed by atoms with Crippen LogP contribution in [0.5, 0.6) is 0 Å². The van der Waals surface area contributed by atoms with Crippen LogP contribution in [-0.4, -0.2) is 14.3 Å². The van der Waals surface area contributed by atoms with Crippen molar-refractivity contribution in [1.29, 1.82) is 0 Å². The van der Waals surface area contributed by atoms with Gasteiger partial charge in [0.25, 0.3) is 5.89 Å². The third-order valence-corrected chi connectivity index (χ3v) is 5.00. The van der Waals surface area contributed by atoms with Gasteiger partial charge in [0, 0.05) is 21.9 Å². The molecule has 0 saturated heterocycles. The minimum atomic E-state index is -1.05. The molecule has 0 aliphatic rings. The van der Waals surface area contributed by atoms with Crippen molar-refractivity contribution in [2.75, 3.05) is 0 Å². The SMILES string of the molecule is Cc1ccccc1CS(=O)Cc1noc(-c2ccsc2)n1. The maximum atomic E-state index is 12.2. The number of benzene rings is 1. The largest absolute Gasteiger partial charge is 0.334 e. The predicted octanol–water partition coefficient (Wildman–Crippen LogP) is 3.56. The molecule has 2 heterocycles. The van der Waals surface area contributed by atoms with Gasteiger partial charge in [-0.05, 0) is 29.5 Å². The van der Waals surface area contributed by atoms with Crippen molar-refractivity contribution in [1.82, 2.24) is 10.1 Å². The summed E-state index contributed by atoms with van der Waals surface area (Å²) in [5, 5.41) is 7.80. The van der Waals surface area contributed by atoms with Crippen molar-refractivity contribution in [2.24, 2.45) is 0 Å². The molecule has 108 valence electrons. The molecule has 4 nitrogen and oxygen atoms in total. The molecule has 1 aromatic carbocycles. The Bertz CT molecular complexity index is 751. The summed E-state index contributed by atoms with van der Waals surface area (Å²) >= 11 is 1.57. The Balaban J connectivity index is 1.67. The highest BCUT2D eigenvalue weighted by atomic mass is 32.2. The summed E-state index contributed by atoms with van der Waals surface area (Å²) in [6.07, 6.45) is 0. The Morgan fingerprint density at radius 2 is 2.10 bits per heavy atom. The summed E-state index contributed by atoms with van der Waals surface area (Å²) in [6, 6.07) is 9.89. The zero-order valence-corrected chi connectivity index (χ0v) is 13.1. The second-order valence-corrected chi connectivity index (χ2v) is 6.92. The van der Waals surface area contributed by atoms with Crippen molar-refractivity contribution in [2.45, 2.75) is 18.4 Å². The third-order valence-electron chi connectivity index (χ3n) is 3.10. The number of thiophene rings is 1. The molecule has 0 radical (unpaired) electrons. The van der Waals surface area contributed by atoms with E-state index in [0.717, 1.165) is 16.7 Å². The van der Waals surface area contributed by atoms with Crippen LogP contribution >= 0.6 is 11.3 Å². The molecule has 0 fully saturated rings. The van der Waals surface area contributed by atoms with Crippen LogP contribution in [0.3, 0.4) is 0 Å². The lowest BCUT2D eigenvalue weighted by Gasteiger charge is -2.03. The van der Waals surface area contributed by atoms with Gasteiger partial charge in [0.1, 0.15) is 0 Å². The molecule has 0 amide bonds. The maximum Gasteiger partial charge on any atom is 0.258 e. The van der Waals surface area contributed by atoms with E-state index in [2.05, 4.69) is 10.1 Å². The molecule has 0 N–H and O–H groups in total. The van der Waals surface area contributed by atoms with Gasteiger partial charge in [0.15, 0.2) is 5.82 Å². The van der Waals surface area contributed by atoms with Gasteiger partial charge < -0.3 is 4.52 Å². The van der Waals surface area contributed by atoms with Gasteiger partial charge in [-0.3, -0.25) is 4.21 Å². The zero-order valence-electron chi connectivity index (χ0n) is 11.5. The predicted molar refractivity (Wildman–Crippen MR) is 84.3 cm³/mol. The Labute approximate surface area is 129 Å². The average molecular weight is 318 g/mol. The molecular weight excluding hydrogens is 304 g/mol. The van der Waals surface area contributed by atoms with Crippen LogP contribution in [0, 0.1) is 6.92 Å². The van der Waals surface area contributed by atoms with Crippen molar-refractivity contribution in [3.05, 3.63) is 58.0 Å². The van der Waals surface area contributed by atoms with Crippen LogP contribution in [0.4, 0.5) is 0 Å². The van der Waals surface area contributed by atoms with Crippen LogP contribution < -0.4 is 0 Å². The standard InChI is InChI=1S/C15H14N2O2S2/c1-11-4-2-3-5-13(11)9-21(18)10-14-16-15(19-17-14)12-6-7-20-8-12/h2-8H,9-10H2,1H3. The smallest absolute Gasteiger partial charge is 0.258 e. The molecule has 3 aromatic rings. The average Bonchev–Trinajstić information content (AvgIpc) is 3.12. The summed E-state index contributed by atoms with van der Waals surface area (Å²) in [7, 11) is -1.05. The summed E-state index contributed by atoms with van der Waals surface area (Å²) in [5.41, 5.74) is 3.15. The first-order valence-electron chi connectivity index (χ1n) is 6.47. The first-order valence-corrected chi connectivity index (χ1v) is 8.90. The molecular formula is C15H14N2O2S2. The third kappa shape index (κ3) is 3.46. The van der Waals surface area contributed by atoms with Crippen LogP contribution in [0.2, 0.25) is 0 Å². The first kappa shape index (κ1) is 14.2. The van der Waals surface area contributed by atoms with Gasteiger partial charge in [-0.25, -0.2) is 0 Å². The number of nitrogens with zero attached hydrogens (tertiary/aromatic N) is 2. The molecule has 6 heteroatoms. The second-order valence-electron chi connectivity index (χ2n) is 4.68. The topological polar surface area (TPSA) is 56.0 Å². The number of rotatable bonds is 5. The summed E-state index contributed by atoms with van der Waals surface area (Å²) in [5.74, 6) is 1.79. The fourth-order valence-corrected chi connectivity index (χ4v) is 3.76. The highest BCUT2D eigenvalue weighted by Gasteiger charge is 2.12. The van der Waals surface area contributed by atoms with E-state index >= 15 is 0 Å². The van der Waals surface area contributed by atoms with Gasteiger partial charge in [-0.15, -0.1) is 0 Å². The monoisotopic (exact) mass is 318 g/mol. The lowest BCUT2D eigenvalue weighted by Crippen LogP contribution is -2.02. The molecule has 21 heavy (non-hydrogen) atoms. The second kappa shape index (κ2) is 6.32. The number of hydrogen-bond acceptors (Lipinski definition) is 5. The van der Waals surface area contributed by atoms with E-state index in [1.54, 1.807) is 11.3 Å². The maximum absolute atomic E-state index is 12.2. The van der Waals surface area contributed by atoms with E-state index in [4.69, 9.17) is 4.52 Å². The molecule has 3 rings (SSSR count). The Hall–Kier alpha value is -1.79. The normalized spacial score (nSPS) is 12.4. The molecule has 0 aliphatic carbocycles. The quantitative estimate of drug-likeness (QED) is 0.722. The summed E-state index contributed by atoms with van der Waals surface area (Å²) < 4.78 is 17.4. The van der Waals surface area contributed by atoms with Crippen molar-refractivity contribution >= 4 is 22.1 Å². The fourth-order valence-electron chi connectivity index (χ4n) is 1.96. The Morgan fingerprint density at radius 1 is 1.24 bits per heavy atom. The zero-order chi connectivity index (χ0) is 14.7. The van der Waals surface area contributed by atoms with E-state index in [1.807, 2.05) is 48.0 Å². The molecule has 0 saturated carbocycles. The Morgan fingerprint density at radius 3 is 2.86 bits per heavy atom. The minimum Gasteiger partial charge on any atom is -0.334 e. The van der Waals surface area contributed by atoms with E-state index < -0.39 is 10.8 Å². The molecule has 2 aromatic heterocycles. The summed E-state index contributed by atoms with van der Waals surface area (Å²) in [6.45, 7) is 2.02. The lowest BCUT2D eigenvalue weighted by molar-refractivity contribution is 0.425. The van der Waals surface area contributed by atoms with Crippen LogP contribution in [0.15, 0.2) is 45.6 Å². The number of hydrogen-bond donors (Lipinski definition) is 0.